The van der Waals surface area contributed by atoms with Crippen LogP contribution in [-0.2, 0) is 9.16 Å². The zero-order chi connectivity index (χ0) is 13.8. The molecule has 4 atom stereocenters. The van der Waals surface area contributed by atoms with Crippen molar-refractivity contribution in [3.8, 4) is 0 Å². The van der Waals surface area contributed by atoms with E-state index in [2.05, 4.69) is 33.9 Å². The van der Waals surface area contributed by atoms with E-state index in [1.807, 2.05) is 6.08 Å². The lowest BCUT2D eigenvalue weighted by molar-refractivity contribution is -0.0750. The lowest BCUT2D eigenvalue weighted by Gasteiger charge is -2.43. The molecule has 2 rings (SSSR count). The predicted octanol–water partition coefficient (Wildman–Crippen LogP) is 1.44. The maximum atomic E-state index is 10.4. The number of aliphatic hydroxyl groups excluding tert-OH is 1. The lowest BCUT2D eigenvalue weighted by atomic mass is 9.89. The number of fused-ring (bicyclic) bond motifs is 1. The molecule has 0 aromatic rings. The quantitative estimate of drug-likeness (QED) is 0.463. The number of hydrogen-bond acceptors (Lipinski definition) is 4. The first kappa shape index (κ1) is 14.2. The van der Waals surface area contributed by atoms with Gasteiger partial charge in [0.1, 0.15) is 23.9 Å². The second-order valence-corrected chi connectivity index (χ2v) is 11.6. The molecule has 0 radical (unpaired) electrons. The summed E-state index contributed by atoms with van der Waals surface area (Å²) in [6, 6.07) is 0. The molecule has 5 heteroatoms. The number of aliphatic hydroxyl groups is 2. The molecule has 0 spiro atoms. The van der Waals surface area contributed by atoms with Crippen LogP contribution in [0.25, 0.3) is 0 Å². The van der Waals surface area contributed by atoms with Crippen LogP contribution in [0.4, 0.5) is 0 Å². The maximum absolute atomic E-state index is 10.4. The van der Waals surface area contributed by atoms with Gasteiger partial charge >= 0.3 is 0 Å². The highest BCUT2D eigenvalue weighted by Gasteiger charge is 2.58. The van der Waals surface area contributed by atoms with Gasteiger partial charge in [-0.15, -0.1) is 0 Å². The van der Waals surface area contributed by atoms with Crippen molar-refractivity contribution in [2.75, 3.05) is 6.61 Å². The second kappa shape index (κ2) is 4.15. The van der Waals surface area contributed by atoms with Crippen molar-refractivity contribution in [2.24, 2.45) is 0 Å². The minimum Gasteiger partial charge on any atom is -0.408 e. The van der Waals surface area contributed by atoms with Crippen LogP contribution in [-0.4, -0.2) is 49.1 Å². The van der Waals surface area contributed by atoms with E-state index in [-0.39, 0.29) is 23.9 Å². The van der Waals surface area contributed by atoms with Gasteiger partial charge in [-0.05, 0) is 24.2 Å². The average Bonchev–Trinajstić information content (AvgIpc) is 3.00. The van der Waals surface area contributed by atoms with Crippen LogP contribution in [0.15, 0.2) is 12.2 Å². The van der Waals surface area contributed by atoms with E-state index < -0.39 is 20.0 Å². The smallest absolute Gasteiger partial charge is 0.192 e. The molecule has 0 amide bonds. The Balaban J connectivity index is 2.20. The second-order valence-electron chi connectivity index (χ2n) is 6.87. The zero-order valence-electron chi connectivity index (χ0n) is 11.8. The third kappa shape index (κ3) is 2.30. The summed E-state index contributed by atoms with van der Waals surface area (Å²) in [6.07, 6.45) is 2.91. The minimum absolute atomic E-state index is 0.0478. The van der Waals surface area contributed by atoms with Crippen LogP contribution < -0.4 is 0 Å². The van der Waals surface area contributed by atoms with Gasteiger partial charge in [0, 0.05) is 0 Å². The molecule has 0 unspecified atom stereocenters. The first-order valence-corrected chi connectivity index (χ1v) is 9.37. The number of hydrogen-bond donors (Lipinski definition) is 2. The Morgan fingerprint density at radius 3 is 2.50 bits per heavy atom. The predicted molar refractivity (Wildman–Crippen MR) is 71.9 cm³/mol. The van der Waals surface area contributed by atoms with Crippen molar-refractivity contribution in [1.29, 1.82) is 0 Å². The standard InChI is InChI=1S/C13H24O4Si/c1-12(2,3)18(4,5)17-11-10-9(16-10)6-7-13(11,15)8-14/h6-7,9-11,14-15H,8H2,1-5H3/t9-,10-,11+,13+/m0/s1. The molecule has 2 N–H and O–H groups in total. The lowest BCUT2D eigenvalue weighted by Crippen LogP contribution is -2.57. The van der Waals surface area contributed by atoms with E-state index in [9.17, 15) is 10.2 Å². The van der Waals surface area contributed by atoms with Gasteiger partial charge in [-0.3, -0.25) is 0 Å². The monoisotopic (exact) mass is 272 g/mol. The Bertz CT molecular complexity index is 360. The summed E-state index contributed by atoms with van der Waals surface area (Å²) >= 11 is 0. The zero-order valence-corrected chi connectivity index (χ0v) is 12.8. The van der Waals surface area contributed by atoms with Gasteiger partial charge in [-0.1, -0.05) is 26.8 Å². The fourth-order valence-electron chi connectivity index (χ4n) is 1.98. The van der Waals surface area contributed by atoms with Crippen LogP contribution in [0.1, 0.15) is 20.8 Å². The summed E-state index contributed by atoms with van der Waals surface area (Å²) in [5, 5.41) is 19.9. The summed E-state index contributed by atoms with van der Waals surface area (Å²) in [7, 11) is -2.00. The van der Waals surface area contributed by atoms with Gasteiger partial charge in [0.05, 0.1) is 6.61 Å². The molecule has 0 bridgehead atoms. The fourth-order valence-corrected chi connectivity index (χ4v) is 3.31. The van der Waals surface area contributed by atoms with Gasteiger partial charge in [-0.2, -0.15) is 0 Å². The molecule has 1 aliphatic carbocycles. The highest BCUT2D eigenvalue weighted by Crippen LogP contribution is 2.44. The number of rotatable bonds is 3. The Kier molecular flexibility index (Phi) is 3.27. The van der Waals surface area contributed by atoms with Gasteiger partial charge in [0.2, 0.25) is 0 Å². The van der Waals surface area contributed by atoms with Crippen molar-refractivity contribution >= 4 is 8.32 Å². The van der Waals surface area contributed by atoms with Gasteiger partial charge in [0.25, 0.3) is 0 Å². The van der Waals surface area contributed by atoms with E-state index in [0.717, 1.165) is 0 Å². The summed E-state index contributed by atoms with van der Waals surface area (Å²) < 4.78 is 11.7. The van der Waals surface area contributed by atoms with Crippen molar-refractivity contribution in [1.82, 2.24) is 0 Å². The molecule has 1 heterocycles. The first-order valence-electron chi connectivity index (χ1n) is 6.47. The minimum atomic E-state index is -2.00. The molecule has 4 nitrogen and oxygen atoms in total. The van der Waals surface area contributed by atoms with Crippen LogP contribution >= 0.6 is 0 Å². The van der Waals surface area contributed by atoms with Crippen molar-refractivity contribution in [2.45, 2.75) is 62.8 Å². The molecule has 0 aromatic carbocycles. The molecule has 2 aliphatic rings. The molecular formula is C13H24O4Si. The van der Waals surface area contributed by atoms with E-state index >= 15 is 0 Å². The SMILES string of the molecule is CC(C)(C)[Si](C)(C)O[C@@H]1[C@H]2O[C@H]2C=C[C@@]1(O)CO. The summed E-state index contributed by atoms with van der Waals surface area (Å²) in [5.41, 5.74) is -1.31. The Morgan fingerprint density at radius 2 is 2.00 bits per heavy atom. The fraction of sp³-hybridized carbons (Fsp3) is 0.846. The van der Waals surface area contributed by atoms with Crippen LogP contribution in [0.2, 0.25) is 18.1 Å². The third-order valence-electron chi connectivity index (χ3n) is 4.41. The molecule has 1 saturated heterocycles. The Hall–Kier alpha value is -0.203. The van der Waals surface area contributed by atoms with Crippen molar-refractivity contribution in [3.63, 3.8) is 0 Å². The molecular weight excluding hydrogens is 248 g/mol. The molecule has 18 heavy (non-hydrogen) atoms. The van der Waals surface area contributed by atoms with Crippen molar-refractivity contribution in [3.05, 3.63) is 12.2 Å². The van der Waals surface area contributed by atoms with Crippen LogP contribution in [0.5, 0.6) is 0 Å². The maximum Gasteiger partial charge on any atom is 0.192 e. The summed E-state index contributed by atoms with van der Waals surface area (Å²) in [6.45, 7) is 10.4. The van der Waals surface area contributed by atoms with E-state index in [1.54, 1.807) is 6.08 Å². The largest absolute Gasteiger partial charge is 0.408 e. The molecule has 0 saturated carbocycles. The third-order valence-corrected chi connectivity index (χ3v) is 8.86. The topological polar surface area (TPSA) is 62.2 Å². The van der Waals surface area contributed by atoms with Gasteiger partial charge < -0.3 is 19.4 Å². The Morgan fingerprint density at radius 1 is 1.39 bits per heavy atom. The van der Waals surface area contributed by atoms with Crippen LogP contribution in [0.3, 0.4) is 0 Å². The number of epoxide rings is 1. The molecule has 104 valence electrons. The van der Waals surface area contributed by atoms with E-state index in [1.165, 1.54) is 0 Å². The summed E-state index contributed by atoms with van der Waals surface area (Å²) in [4.78, 5) is 0. The first-order chi connectivity index (χ1) is 8.11. The van der Waals surface area contributed by atoms with Crippen LogP contribution in [0, 0.1) is 0 Å². The summed E-state index contributed by atoms with van der Waals surface area (Å²) in [5.74, 6) is 0. The molecule has 1 aliphatic heterocycles. The van der Waals surface area contributed by atoms with E-state index in [0.29, 0.717) is 0 Å². The average molecular weight is 272 g/mol. The molecule has 1 fully saturated rings. The van der Waals surface area contributed by atoms with E-state index in [4.69, 9.17) is 9.16 Å². The highest BCUT2D eigenvalue weighted by atomic mass is 28.4. The number of ether oxygens (including phenoxy) is 1. The van der Waals surface area contributed by atoms with Gasteiger partial charge in [-0.25, -0.2) is 0 Å². The molecule has 0 aromatic heterocycles. The normalized spacial score (nSPS) is 39.6. The highest BCUT2D eigenvalue weighted by molar-refractivity contribution is 6.74. The van der Waals surface area contributed by atoms with Crippen molar-refractivity contribution < 1.29 is 19.4 Å². The van der Waals surface area contributed by atoms with Gasteiger partial charge in [0.15, 0.2) is 8.32 Å². The Labute approximate surface area is 110 Å².